The van der Waals surface area contributed by atoms with Crippen LogP contribution in [-0.4, -0.2) is 65.8 Å². The first-order valence-electron chi connectivity index (χ1n) is 9.55. The molecule has 1 amide bonds. The lowest BCUT2D eigenvalue weighted by Crippen LogP contribution is -2.50. The number of hydrogen-bond donors (Lipinski definition) is 3. The molecule has 0 bridgehead atoms. The van der Waals surface area contributed by atoms with Gasteiger partial charge in [-0.1, -0.05) is 12.1 Å². The number of amidine groups is 1. The standard InChI is InChI=1S/C20H29N7O2/c1-20(2,3)29-19(28)27-12-10-26(11-13-27)9-8-15-4-6-16(7-5-15)24-25-17(14-21)18(22)23/h4-7,24H,8-13H2,1-3H3,(H3,22,23)/b25-17+. The number of carbonyl (C=O) groups excluding carboxylic acids is 1. The van der Waals surface area contributed by atoms with E-state index in [0.717, 1.165) is 26.1 Å². The Labute approximate surface area is 171 Å². The second-order valence-electron chi connectivity index (χ2n) is 7.85. The molecule has 0 radical (unpaired) electrons. The van der Waals surface area contributed by atoms with E-state index < -0.39 is 5.60 Å². The van der Waals surface area contributed by atoms with E-state index in [1.54, 1.807) is 11.0 Å². The lowest BCUT2D eigenvalue weighted by atomic mass is 10.1. The number of ether oxygens (including phenoxy) is 1. The van der Waals surface area contributed by atoms with Gasteiger partial charge < -0.3 is 15.4 Å². The Morgan fingerprint density at radius 3 is 2.41 bits per heavy atom. The fourth-order valence-electron chi connectivity index (χ4n) is 2.78. The molecule has 1 aromatic rings. The summed E-state index contributed by atoms with van der Waals surface area (Å²) < 4.78 is 5.42. The normalized spacial score (nSPS) is 15.5. The summed E-state index contributed by atoms with van der Waals surface area (Å²) in [5.74, 6) is -0.372. The molecule has 1 heterocycles. The average molecular weight is 399 g/mol. The van der Waals surface area contributed by atoms with Gasteiger partial charge in [0.2, 0.25) is 5.71 Å². The molecule has 0 spiro atoms. The van der Waals surface area contributed by atoms with Crippen molar-refractivity contribution in [3.8, 4) is 6.07 Å². The number of nitrogens with zero attached hydrogens (tertiary/aromatic N) is 4. The molecule has 0 atom stereocenters. The van der Waals surface area contributed by atoms with E-state index in [0.29, 0.717) is 18.8 Å². The van der Waals surface area contributed by atoms with Crippen LogP contribution in [0.4, 0.5) is 10.5 Å². The summed E-state index contributed by atoms with van der Waals surface area (Å²) in [5.41, 5.74) is 9.26. The third kappa shape index (κ3) is 7.43. The molecule has 1 saturated heterocycles. The van der Waals surface area contributed by atoms with E-state index in [-0.39, 0.29) is 17.6 Å². The average Bonchev–Trinajstić information content (AvgIpc) is 2.66. The van der Waals surface area contributed by atoms with Crippen LogP contribution < -0.4 is 11.2 Å². The van der Waals surface area contributed by atoms with Crippen molar-refractivity contribution in [1.29, 1.82) is 10.7 Å². The fraction of sp³-hybridized carbons (Fsp3) is 0.500. The van der Waals surface area contributed by atoms with Gasteiger partial charge >= 0.3 is 6.09 Å². The molecule has 156 valence electrons. The Kier molecular flexibility index (Phi) is 7.56. The van der Waals surface area contributed by atoms with Crippen molar-refractivity contribution in [2.75, 3.05) is 38.1 Å². The Hall–Kier alpha value is -3.12. The summed E-state index contributed by atoms with van der Waals surface area (Å²) >= 11 is 0. The molecule has 0 aliphatic carbocycles. The van der Waals surface area contributed by atoms with E-state index in [2.05, 4.69) is 15.4 Å². The van der Waals surface area contributed by atoms with E-state index in [9.17, 15) is 4.79 Å². The van der Waals surface area contributed by atoms with Crippen LogP contribution in [0.1, 0.15) is 26.3 Å². The predicted octanol–water partition coefficient (Wildman–Crippen LogP) is 2.01. The Bertz CT molecular complexity index is 783. The molecular formula is C20H29N7O2. The number of piperazine rings is 1. The molecule has 2 rings (SSSR count). The van der Waals surface area contributed by atoms with Gasteiger partial charge in [0.25, 0.3) is 0 Å². The monoisotopic (exact) mass is 399 g/mol. The number of carbonyl (C=O) groups is 1. The van der Waals surface area contributed by atoms with Crippen LogP contribution in [0, 0.1) is 16.7 Å². The zero-order valence-corrected chi connectivity index (χ0v) is 17.2. The third-order valence-corrected chi connectivity index (χ3v) is 4.35. The number of anilines is 1. The van der Waals surface area contributed by atoms with Gasteiger partial charge in [-0.05, 0) is 44.9 Å². The van der Waals surface area contributed by atoms with Gasteiger partial charge in [0.15, 0.2) is 5.84 Å². The lowest BCUT2D eigenvalue weighted by Gasteiger charge is -2.35. The van der Waals surface area contributed by atoms with Gasteiger partial charge in [0, 0.05) is 32.7 Å². The van der Waals surface area contributed by atoms with Gasteiger partial charge in [-0.15, -0.1) is 0 Å². The van der Waals surface area contributed by atoms with Crippen molar-refractivity contribution >= 4 is 23.3 Å². The summed E-state index contributed by atoms with van der Waals surface area (Å²) in [6.07, 6.45) is 0.652. The maximum absolute atomic E-state index is 12.1. The first-order valence-corrected chi connectivity index (χ1v) is 9.55. The van der Waals surface area contributed by atoms with Crippen molar-refractivity contribution in [2.24, 2.45) is 10.8 Å². The van der Waals surface area contributed by atoms with Gasteiger partial charge in [-0.25, -0.2) is 4.79 Å². The van der Waals surface area contributed by atoms with E-state index in [4.69, 9.17) is 21.1 Å². The third-order valence-electron chi connectivity index (χ3n) is 4.35. The van der Waals surface area contributed by atoms with Crippen LogP contribution in [0.3, 0.4) is 0 Å². The zero-order chi connectivity index (χ0) is 21.4. The Morgan fingerprint density at radius 2 is 1.90 bits per heavy atom. The van der Waals surface area contributed by atoms with Crippen molar-refractivity contribution in [2.45, 2.75) is 32.8 Å². The largest absolute Gasteiger partial charge is 0.444 e. The van der Waals surface area contributed by atoms with Crippen molar-refractivity contribution in [3.05, 3.63) is 29.8 Å². The summed E-state index contributed by atoms with van der Waals surface area (Å²) in [5, 5.41) is 19.9. The Morgan fingerprint density at radius 1 is 1.28 bits per heavy atom. The SMILES string of the molecule is CC(C)(C)OC(=O)N1CCN(CCc2ccc(N/N=C(\C#N)C(=N)N)cc2)CC1. The van der Waals surface area contributed by atoms with Crippen LogP contribution in [0.25, 0.3) is 0 Å². The van der Waals surface area contributed by atoms with Crippen LogP contribution in [0.15, 0.2) is 29.4 Å². The number of rotatable bonds is 6. The number of hydrogen-bond acceptors (Lipinski definition) is 7. The van der Waals surface area contributed by atoms with Crippen molar-refractivity contribution in [3.63, 3.8) is 0 Å². The van der Waals surface area contributed by atoms with Gasteiger partial charge in [0.05, 0.1) is 5.69 Å². The first-order chi connectivity index (χ1) is 13.7. The molecule has 0 aromatic heterocycles. The second kappa shape index (κ2) is 9.89. The van der Waals surface area contributed by atoms with E-state index in [1.807, 2.05) is 45.0 Å². The molecular weight excluding hydrogens is 370 g/mol. The molecule has 1 fully saturated rings. The molecule has 4 N–H and O–H groups in total. The van der Waals surface area contributed by atoms with Gasteiger partial charge in [0.1, 0.15) is 11.7 Å². The maximum atomic E-state index is 12.1. The van der Waals surface area contributed by atoms with Gasteiger partial charge in [-0.2, -0.15) is 10.4 Å². The number of nitriles is 1. The number of amides is 1. The number of nitrogens with one attached hydrogen (secondary N) is 2. The summed E-state index contributed by atoms with van der Waals surface area (Å²) in [6.45, 7) is 9.54. The van der Waals surface area contributed by atoms with Crippen molar-refractivity contribution in [1.82, 2.24) is 9.80 Å². The van der Waals surface area contributed by atoms with Crippen LogP contribution in [-0.2, 0) is 11.2 Å². The smallest absolute Gasteiger partial charge is 0.410 e. The highest BCUT2D eigenvalue weighted by Gasteiger charge is 2.25. The highest BCUT2D eigenvalue weighted by molar-refractivity contribution is 6.45. The minimum atomic E-state index is -0.469. The van der Waals surface area contributed by atoms with Gasteiger partial charge in [-0.3, -0.25) is 15.7 Å². The number of nitrogens with two attached hydrogens (primary N) is 1. The molecule has 9 nitrogen and oxygen atoms in total. The maximum Gasteiger partial charge on any atom is 0.410 e. The molecule has 1 aliphatic rings. The first kappa shape index (κ1) is 22.2. The van der Waals surface area contributed by atoms with Crippen molar-refractivity contribution < 1.29 is 9.53 Å². The molecule has 1 aliphatic heterocycles. The minimum absolute atomic E-state index is 0.153. The molecule has 0 unspecified atom stereocenters. The van der Waals surface area contributed by atoms with Crippen LogP contribution >= 0.6 is 0 Å². The summed E-state index contributed by atoms with van der Waals surface area (Å²) in [6, 6.07) is 9.49. The molecule has 0 saturated carbocycles. The molecule has 1 aromatic carbocycles. The highest BCUT2D eigenvalue weighted by Crippen LogP contribution is 2.13. The second-order valence-corrected chi connectivity index (χ2v) is 7.85. The summed E-state index contributed by atoms with van der Waals surface area (Å²) in [4.78, 5) is 16.2. The highest BCUT2D eigenvalue weighted by atomic mass is 16.6. The van der Waals surface area contributed by atoms with E-state index >= 15 is 0 Å². The Balaban J connectivity index is 1.76. The number of benzene rings is 1. The van der Waals surface area contributed by atoms with Crippen LogP contribution in [0.2, 0.25) is 0 Å². The van der Waals surface area contributed by atoms with Crippen LogP contribution in [0.5, 0.6) is 0 Å². The predicted molar refractivity (Wildman–Crippen MR) is 113 cm³/mol. The van der Waals surface area contributed by atoms with E-state index in [1.165, 1.54) is 5.56 Å². The minimum Gasteiger partial charge on any atom is -0.444 e. The fourth-order valence-corrected chi connectivity index (χ4v) is 2.78. The lowest BCUT2D eigenvalue weighted by molar-refractivity contribution is 0.0146. The topological polar surface area (TPSA) is 131 Å². The molecule has 29 heavy (non-hydrogen) atoms. The quantitative estimate of drug-likeness (QED) is 0.381. The zero-order valence-electron chi connectivity index (χ0n) is 17.2. The molecule has 9 heteroatoms. The number of hydrazone groups is 1. The summed E-state index contributed by atoms with van der Waals surface area (Å²) in [7, 11) is 0.